The molecule has 0 bridgehead atoms. The van der Waals surface area contributed by atoms with Gasteiger partial charge in [0.25, 0.3) is 0 Å². The molecule has 5 heteroatoms. The van der Waals surface area contributed by atoms with Crippen LogP contribution in [0.1, 0.15) is 30.8 Å². The SMILES string of the molecule is CCCn1ncnc1C(N)c1ccc(SC)cc1. The summed E-state index contributed by atoms with van der Waals surface area (Å²) < 4.78 is 1.88. The van der Waals surface area contributed by atoms with Gasteiger partial charge >= 0.3 is 0 Å². The van der Waals surface area contributed by atoms with Gasteiger partial charge in [0.1, 0.15) is 12.2 Å². The molecule has 0 saturated carbocycles. The van der Waals surface area contributed by atoms with Crippen molar-refractivity contribution < 1.29 is 0 Å². The highest BCUT2D eigenvalue weighted by atomic mass is 32.2. The maximum atomic E-state index is 6.25. The second kappa shape index (κ2) is 6.02. The quantitative estimate of drug-likeness (QED) is 0.841. The maximum Gasteiger partial charge on any atom is 0.148 e. The van der Waals surface area contributed by atoms with E-state index in [-0.39, 0.29) is 6.04 Å². The fourth-order valence-corrected chi connectivity index (χ4v) is 2.27. The Bertz CT molecular complexity index is 492. The van der Waals surface area contributed by atoms with Crippen molar-refractivity contribution in [2.75, 3.05) is 6.26 Å². The molecular weight excluding hydrogens is 244 g/mol. The lowest BCUT2D eigenvalue weighted by Crippen LogP contribution is -2.18. The van der Waals surface area contributed by atoms with Crippen LogP contribution >= 0.6 is 11.8 Å². The molecule has 0 aliphatic carbocycles. The highest BCUT2D eigenvalue weighted by Crippen LogP contribution is 2.21. The first kappa shape index (κ1) is 13.1. The monoisotopic (exact) mass is 262 g/mol. The molecule has 1 aromatic heterocycles. The van der Waals surface area contributed by atoms with Crippen LogP contribution in [-0.4, -0.2) is 21.0 Å². The molecule has 0 spiro atoms. The summed E-state index contributed by atoms with van der Waals surface area (Å²) in [7, 11) is 0. The largest absolute Gasteiger partial charge is 0.318 e. The summed E-state index contributed by atoms with van der Waals surface area (Å²) in [6.07, 6.45) is 4.66. The first-order valence-corrected chi connectivity index (χ1v) is 7.26. The molecule has 2 N–H and O–H groups in total. The molecule has 2 aromatic rings. The van der Waals surface area contributed by atoms with Crippen molar-refractivity contribution in [1.29, 1.82) is 0 Å². The zero-order valence-corrected chi connectivity index (χ0v) is 11.5. The Kier molecular flexibility index (Phi) is 4.38. The van der Waals surface area contributed by atoms with E-state index in [1.807, 2.05) is 4.68 Å². The number of hydrogen-bond acceptors (Lipinski definition) is 4. The molecule has 1 aromatic carbocycles. The van der Waals surface area contributed by atoms with Gasteiger partial charge in [-0.25, -0.2) is 9.67 Å². The molecule has 4 nitrogen and oxygen atoms in total. The van der Waals surface area contributed by atoms with E-state index in [0.717, 1.165) is 24.4 Å². The Morgan fingerprint density at radius 2 is 2.06 bits per heavy atom. The third-order valence-corrected chi connectivity index (χ3v) is 3.58. The summed E-state index contributed by atoms with van der Waals surface area (Å²) in [4.78, 5) is 5.51. The van der Waals surface area contributed by atoms with E-state index in [0.29, 0.717) is 0 Å². The number of benzene rings is 1. The van der Waals surface area contributed by atoms with Crippen molar-refractivity contribution in [1.82, 2.24) is 14.8 Å². The molecule has 1 heterocycles. The Balaban J connectivity index is 2.23. The summed E-state index contributed by atoms with van der Waals surface area (Å²) in [6, 6.07) is 8.07. The number of rotatable bonds is 5. The van der Waals surface area contributed by atoms with E-state index in [1.54, 1.807) is 18.1 Å². The van der Waals surface area contributed by atoms with E-state index in [1.165, 1.54) is 4.90 Å². The fourth-order valence-electron chi connectivity index (χ4n) is 1.86. The minimum atomic E-state index is -0.213. The molecule has 96 valence electrons. The third-order valence-electron chi connectivity index (χ3n) is 2.83. The predicted octanol–water partition coefficient (Wildman–Crippen LogP) is 2.46. The second-order valence-corrected chi connectivity index (χ2v) is 4.97. The predicted molar refractivity (Wildman–Crippen MR) is 74.6 cm³/mol. The van der Waals surface area contributed by atoms with Crippen molar-refractivity contribution in [2.24, 2.45) is 5.73 Å². The first-order valence-electron chi connectivity index (χ1n) is 6.03. The van der Waals surface area contributed by atoms with Crippen molar-refractivity contribution in [3.63, 3.8) is 0 Å². The zero-order valence-electron chi connectivity index (χ0n) is 10.7. The van der Waals surface area contributed by atoms with Gasteiger partial charge in [0, 0.05) is 11.4 Å². The van der Waals surface area contributed by atoms with Gasteiger partial charge in [-0.15, -0.1) is 11.8 Å². The Hall–Kier alpha value is -1.33. The second-order valence-electron chi connectivity index (χ2n) is 4.09. The van der Waals surface area contributed by atoms with E-state index < -0.39 is 0 Å². The third kappa shape index (κ3) is 2.73. The van der Waals surface area contributed by atoms with Crippen molar-refractivity contribution in [2.45, 2.75) is 30.8 Å². The lowest BCUT2D eigenvalue weighted by atomic mass is 10.1. The van der Waals surface area contributed by atoms with E-state index in [2.05, 4.69) is 47.5 Å². The standard InChI is InChI=1S/C13H18N4S/c1-3-8-17-13(15-9-16-17)12(14)10-4-6-11(18-2)7-5-10/h4-7,9,12H,3,8,14H2,1-2H3. The van der Waals surface area contributed by atoms with Gasteiger partial charge in [-0.2, -0.15) is 5.10 Å². The van der Waals surface area contributed by atoms with Crippen LogP contribution < -0.4 is 5.73 Å². The smallest absolute Gasteiger partial charge is 0.148 e. The van der Waals surface area contributed by atoms with E-state index in [4.69, 9.17) is 5.73 Å². The van der Waals surface area contributed by atoms with Crippen LogP contribution in [0, 0.1) is 0 Å². The van der Waals surface area contributed by atoms with Crippen molar-refractivity contribution in [3.05, 3.63) is 42.0 Å². The Morgan fingerprint density at radius 3 is 2.67 bits per heavy atom. The van der Waals surface area contributed by atoms with E-state index >= 15 is 0 Å². The van der Waals surface area contributed by atoms with Crippen molar-refractivity contribution >= 4 is 11.8 Å². The van der Waals surface area contributed by atoms with Gasteiger partial charge in [0.05, 0.1) is 6.04 Å². The zero-order chi connectivity index (χ0) is 13.0. The highest BCUT2D eigenvalue weighted by Gasteiger charge is 2.15. The molecule has 0 radical (unpaired) electrons. The molecule has 18 heavy (non-hydrogen) atoms. The van der Waals surface area contributed by atoms with Crippen LogP contribution in [0.3, 0.4) is 0 Å². The van der Waals surface area contributed by atoms with Gasteiger partial charge < -0.3 is 5.73 Å². The van der Waals surface area contributed by atoms with Gasteiger partial charge in [-0.05, 0) is 30.4 Å². The molecule has 0 amide bonds. The van der Waals surface area contributed by atoms with Gasteiger partial charge in [-0.3, -0.25) is 0 Å². The van der Waals surface area contributed by atoms with Crippen LogP contribution in [0.2, 0.25) is 0 Å². The summed E-state index contributed by atoms with van der Waals surface area (Å²) in [5.41, 5.74) is 7.32. The fraction of sp³-hybridized carbons (Fsp3) is 0.385. The Labute approximate surface area is 112 Å². The summed E-state index contributed by atoms with van der Waals surface area (Å²) in [5, 5.41) is 4.21. The average molecular weight is 262 g/mol. The molecule has 0 saturated heterocycles. The lowest BCUT2D eigenvalue weighted by Gasteiger charge is -2.13. The van der Waals surface area contributed by atoms with Gasteiger partial charge in [-0.1, -0.05) is 19.1 Å². The first-order chi connectivity index (χ1) is 8.76. The number of aromatic nitrogens is 3. The van der Waals surface area contributed by atoms with Crippen LogP contribution in [-0.2, 0) is 6.54 Å². The molecule has 0 fully saturated rings. The molecule has 1 unspecified atom stereocenters. The van der Waals surface area contributed by atoms with Gasteiger partial charge in [0.15, 0.2) is 0 Å². The summed E-state index contributed by atoms with van der Waals surface area (Å²) in [5.74, 6) is 0.828. The molecular formula is C13H18N4S. The van der Waals surface area contributed by atoms with Gasteiger partial charge in [0.2, 0.25) is 0 Å². The van der Waals surface area contributed by atoms with Crippen LogP contribution in [0.5, 0.6) is 0 Å². The number of hydrogen-bond donors (Lipinski definition) is 1. The minimum Gasteiger partial charge on any atom is -0.318 e. The van der Waals surface area contributed by atoms with Crippen LogP contribution in [0.4, 0.5) is 0 Å². The number of aryl methyl sites for hydroxylation is 1. The molecule has 0 aliphatic heterocycles. The molecule has 2 rings (SSSR count). The van der Waals surface area contributed by atoms with Crippen LogP contribution in [0.25, 0.3) is 0 Å². The topological polar surface area (TPSA) is 56.7 Å². The Morgan fingerprint density at radius 1 is 1.33 bits per heavy atom. The maximum absolute atomic E-state index is 6.25. The number of nitrogens with two attached hydrogens (primary N) is 1. The van der Waals surface area contributed by atoms with E-state index in [9.17, 15) is 0 Å². The minimum absolute atomic E-state index is 0.213. The summed E-state index contributed by atoms with van der Waals surface area (Å²) >= 11 is 1.72. The average Bonchev–Trinajstić information content (AvgIpc) is 2.87. The molecule has 0 aliphatic rings. The van der Waals surface area contributed by atoms with Crippen LogP contribution in [0.15, 0.2) is 35.5 Å². The normalized spacial score (nSPS) is 12.6. The lowest BCUT2D eigenvalue weighted by molar-refractivity contribution is 0.553. The van der Waals surface area contributed by atoms with Crippen molar-refractivity contribution in [3.8, 4) is 0 Å². The highest BCUT2D eigenvalue weighted by molar-refractivity contribution is 7.98. The number of thioether (sulfide) groups is 1. The summed E-state index contributed by atoms with van der Waals surface area (Å²) in [6.45, 7) is 2.97. The molecule has 1 atom stereocenters. The number of nitrogens with zero attached hydrogens (tertiary/aromatic N) is 3.